The van der Waals surface area contributed by atoms with Crippen LogP contribution < -0.4 is 0 Å². The molecule has 4 aromatic rings. The molecule has 0 aliphatic carbocycles. The van der Waals surface area contributed by atoms with E-state index in [9.17, 15) is 9.47 Å². The fraction of sp³-hybridized carbons (Fsp3) is 0.200. The van der Waals surface area contributed by atoms with Crippen LogP contribution >= 0.6 is 0 Å². The largest absolute Gasteiger partial charge is 0.346 e. The van der Waals surface area contributed by atoms with E-state index >= 15 is 0 Å². The van der Waals surface area contributed by atoms with Crippen molar-refractivity contribution in [2.75, 3.05) is 13.1 Å². The zero-order valence-corrected chi connectivity index (χ0v) is 16.7. The van der Waals surface area contributed by atoms with Gasteiger partial charge in [-0.15, -0.1) is 0 Å². The van der Waals surface area contributed by atoms with Crippen LogP contribution in [0.3, 0.4) is 0 Å². The van der Waals surface area contributed by atoms with Gasteiger partial charge in [0.25, 0.3) is 0 Å². The third kappa shape index (κ3) is 2.79. The number of hydrogen-bond acceptors (Lipinski definition) is 6. The first-order chi connectivity index (χ1) is 14.5. The Morgan fingerprint density at radius 1 is 1.23 bits per heavy atom. The third-order valence-electron chi connectivity index (χ3n) is 5.47. The van der Waals surface area contributed by atoms with E-state index in [-0.39, 0.29) is 6.42 Å². The van der Waals surface area contributed by atoms with E-state index in [1.807, 2.05) is 24.5 Å². The summed E-state index contributed by atoms with van der Waals surface area (Å²) in [6.07, 6.45) is 7.08. The lowest BCUT2D eigenvalue weighted by Gasteiger charge is -2.48. The number of rotatable bonds is 5. The molecule has 5 rings (SSSR count). The number of hydrogen-bond donors (Lipinski definition) is 2. The molecule has 1 aliphatic rings. The van der Waals surface area contributed by atoms with Gasteiger partial charge >= 0.3 is 0 Å². The lowest BCUT2D eigenvalue weighted by molar-refractivity contribution is 0.0746. The van der Waals surface area contributed by atoms with Crippen molar-refractivity contribution in [3.63, 3.8) is 0 Å². The Morgan fingerprint density at radius 2 is 2.03 bits per heavy atom. The minimum Gasteiger partial charge on any atom is -0.346 e. The Morgan fingerprint density at radius 3 is 2.80 bits per heavy atom. The molecule has 1 aromatic carbocycles. The highest BCUT2D eigenvalue weighted by Crippen LogP contribution is 2.37. The fourth-order valence-electron chi connectivity index (χ4n) is 3.84. The van der Waals surface area contributed by atoms with Gasteiger partial charge in [0.2, 0.25) is 0 Å². The van der Waals surface area contributed by atoms with Crippen molar-refractivity contribution in [3.8, 4) is 17.3 Å². The van der Waals surface area contributed by atoms with Crippen LogP contribution in [0.15, 0.2) is 66.2 Å². The molecule has 0 bridgehead atoms. The molecule has 0 spiro atoms. The van der Waals surface area contributed by atoms with Crippen molar-refractivity contribution in [1.82, 2.24) is 29.0 Å². The standard InChI is InChI=1S/C20H18N8OS/c21-8-7-20(12-27(13-20)30(22,29)16-4-2-1-3-5-16)28-11-15(10-26-28)18-17-6-9-23-19(17)25-14-24-18/h1-6,9-11,14,22H,7,12-13H2,(H,23,24,25)/t30-/m0/s1. The van der Waals surface area contributed by atoms with Crippen LogP contribution in [-0.4, -0.2) is 46.3 Å². The van der Waals surface area contributed by atoms with Gasteiger partial charge in [0.1, 0.15) is 27.4 Å². The molecular formula is C20H18N8OS. The van der Waals surface area contributed by atoms with Crippen molar-refractivity contribution in [2.24, 2.45) is 0 Å². The maximum absolute atomic E-state index is 13.1. The Hall–Kier alpha value is -3.55. The second kappa shape index (κ2) is 6.76. The van der Waals surface area contributed by atoms with Crippen LogP contribution in [0.2, 0.25) is 0 Å². The van der Waals surface area contributed by atoms with E-state index in [1.165, 1.54) is 6.33 Å². The average molecular weight is 418 g/mol. The molecule has 1 aliphatic heterocycles. The van der Waals surface area contributed by atoms with E-state index in [0.29, 0.717) is 18.0 Å². The van der Waals surface area contributed by atoms with Gasteiger partial charge in [-0.05, 0) is 18.2 Å². The monoisotopic (exact) mass is 418 g/mol. The molecule has 10 heteroatoms. The van der Waals surface area contributed by atoms with E-state index in [4.69, 9.17) is 4.78 Å². The van der Waals surface area contributed by atoms with Gasteiger partial charge in [-0.1, -0.05) is 18.2 Å². The number of nitriles is 1. The predicted molar refractivity (Wildman–Crippen MR) is 110 cm³/mol. The van der Waals surface area contributed by atoms with Gasteiger partial charge < -0.3 is 4.98 Å². The van der Waals surface area contributed by atoms with Crippen LogP contribution in [0, 0.1) is 16.1 Å². The van der Waals surface area contributed by atoms with Crippen LogP contribution in [0.1, 0.15) is 6.42 Å². The zero-order chi connectivity index (χ0) is 20.8. The van der Waals surface area contributed by atoms with Gasteiger partial charge in [0.05, 0.1) is 29.3 Å². The SMILES string of the molecule is N#CCC1(n2cc(-c3ncnc4[nH]ccc34)cn2)CN([S@](=N)(=O)c2ccccc2)C1. The Labute approximate surface area is 173 Å². The first kappa shape index (κ1) is 18.5. The van der Waals surface area contributed by atoms with Gasteiger partial charge in [-0.3, -0.25) is 4.68 Å². The zero-order valence-electron chi connectivity index (χ0n) is 15.9. The van der Waals surface area contributed by atoms with Crippen LogP contribution in [0.25, 0.3) is 22.3 Å². The molecule has 1 fully saturated rings. The number of benzene rings is 1. The number of aromatic amines is 1. The van der Waals surface area contributed by atoms with Gasteiger partial charge in [-0.25, -0.2) is 23.3 Å². The summed E-state index contributed by atoms with van der Waals surface area (Å²) in [5.41, 5.74) is 1.68. The molecular weight excluding hydrogens is 400 g/mol. The Kier molecular flexibility index (Phi) is 4.16. The number of fused-ring (bicyclic) bond motifs is 1. The first-order valence-corrected chi connectivity index (χ1v) is 10.8. The Balaban J connectivity index is 1.46. The smallest absolute Gasteiger partial charge is 0.141 e. The molecule has 0 radical (unpaired) electrons. The van der Waals surface area contributed by atoms with Crippen LogP contribution in [-0.2, 0) is 15.5 Å². The molecule has 2 N–H and O–H groups in total. The highest BCUT2D eigenvalue weighted by atomic mass is 32.2. The highest BCUT2D eigenvalue weighted by molar-refractivity contribution is 7.90. The number of nitrogens with one attached hydrogen (secondary N) is 2. The van der Waals surface area contributed by atoms with Gasteiger partial charge in [-0.2, -0.15) is 10.4 Å². The van der Waals surface area contributed by atoms with Crippen LogP contribution in [0.5, 0.6) is 0 Å². The minimum atomic E-state index is -3.11. The molecule has 0 amide bonds. The van der Waals surface area contributed by atoms with Crippen molar-refractivity contribution in [2.45, 2.75) is 16.9 Å². The second-order valence-electron chi connectivity index (χ2n) is 7.33. The maximum Gasteiger partial charge on any atom is 0.141 e. The van der Waals surface area contributed by atoms with E-state index < -0.39 is 15.5 Å². The fourth-order valence-corrected chi connectivity index (χ4v) is 5.51. The average Bonchev–Trinajstić information content (AvgIpc) is 3.40. The van der Waals surface area contributed by atoms with Gasteiger partial charge in [0.15, 0.2) is 0 Å². The summed E-state index contributed by atoms with van der Waals surface area (Å²) in [6.45, 7) is 0.616. The predicted octanol–water partition coefficient (Wildman–Crippen LogP) is 2.77. The van der Waals surface area contributed by atoms with Gasteiger partial charge in [0, 0.05) is 36.4 Å². The molecule has 9 nitrogen and oxygen atoms in total. The highest BCUT2D eigenvalue weighted by Gasteiger charge is 2.49. The molecule has 0 unspecified atom stereocenters. The minimum absolute atomic E-state index is 0.207. The molecule has 1 atom stereocenters. The number of aromatic nitrogens is 5. The van der Waals surface area contributed by atoms with Crippen molar-refractivity contribution >= 4 is 20.9 Å². The summed E-state index contributed by atoms with van der Waals surface area (Å²) in [6, 6.07) is 12.9. The Bertz CT molecular complexity index is 1360. The molecule has 4 heterocycles. The van der Waals surface area contributed by atoms with Crippen LogP contribution in [0.4, 0.5) is 0 Å². The molecule has 0 saturated carbocycles. The third-order valence-corrected chi connectivity index (χ3v) is 7.37. The van der Waals surface area contributed by atoms with Crippen molar-refractivity contribution < 1.29 is 4.21 Å². The lowest BCUT2D eigenvalue weighted by atomic mass is 9.89. The van der Waals surface area contributed by atoms with Crippen molar-refractivity contribution in [1.29, 1.82) is 10.0 Å². The van der Waals surface area contributed by atoms with E-state index in [0.717, 1.165) is 22.3 Å². The molecule has 1 saturated heterocycles. The van der Waals surface area contributed by atoms with E-state index in [1.54, 1.807) is 39.4 Å². The quantitative estimate of drug-likeness (QED) is 0.515. The summed E-state index contributed by atoms with van der Waals surface area (Å²) in [4.78, 5) is 12.1. The summed E-state index contributed by atoms with van der Waals surface area (Å²) in [5.74, 6) is 0. The molecule has 150 valence electrons. The summed E-state index contributed by atoms with van der Waals surface area (Å²) >= 11 is 0. The summed E-state index contributed by atoms with van der Waals surface area (Å²) in [5, 5.41) is 14.8. The molecule has 30 heavy (non-hydrogen) atoms. The number of H-pyrrole nitrogens is 1. The first-order valence-electron chi connectivity index (χ1n) is 9.33. The summed E-state index contributed by atoms with van der Waals surface area (Å²) in [7, 11) is -3.11. The summed E-state index contributed by atoms with van der Waals surface area (Å²) < 4.78 is 24.9. The topological polar surface area (TPSA) is 127 Å². The lowest BCUT2D eigenvalue weighted by Crippen LogP contribution is -2.63. The van der Waals surface area contributed by atoms with E-state index in [2.05, 4.69) is 26.1 Å². The second-order valence-corrected chi connectivity index (χ2v) is 9.37. The number of nitrogens with zero attached hydrogens (tertiary/aromatic N) is 6. The molecule has 3 aromatic heterocycles. The maximum atomic E-state index is 13.1. The van der Waals surface area contributed by atoms with Crippen molar-refractivity contribution in [3.05, 3.63) is 61.3 Å². The normalized spacial score (nSPS) is 17.8.